The first-order chi connectivity index (χ1) is 11.9. The van der Waals surface area contributed by atoms with Crippen molar-refractivity contribution in [2.45, 2.75) is 45.4 Å². The molecule has 25 heavy (non-hydrogen) atoms. The molecule has 1 aromatic rings. The predicted octanol–water partition coefficient (Wildman–Crippen LogP) is 3.03. The Morgan fingerprint density at radius 2 is 1.80 bits per heavy atom. The van der Waals surface area contributed by atoms with Gasteiger partial charge in [0, 0.05) is 25.6 Å². The van der Waals surface area contributed by atoms with Gasteiger partial charge >= 0.3 is 0 Å². The summed E-state index contributed by atoms with van der Waals surface area (Å²) in [5.41, 5.74) is 2.82. The molecule has 4 heteroatoms. The SMILES string of the molecule is CCc1ccc(C(C)(C)CNC(=NC)NCC2CCN(C)CC2)cc1. The van der Waals surface area contributed by atoms with E-state index in [0.717, 1.165) is 31.4 Å². The first-order valence-electron chi connectivity index (χ1n) is 9.67. The van der Waals surface area contributed by atoms with E-state index in [2.05, 4.69) is 72.6 Å². The number of rotatable bonds is 6. The average molecular weight is 345 g/mol. The van der Waals surface area contributed by atoms with Crippen molar-refractivity contribution in [3.05, 3.63) is 35.4 Å². The van der Waals surface area contributed by atoms with Gasteiger partial charge in [-0.15, -0.1) is 0 Å². The number of nitrogens with one attached hydrogen (secondary N) is 2. The highest BCUT2D eigenvalue weighted by molar-refractivity contribution is 5.79. The molecular formula is C21H36N4. The second-order valence-electron chi connectivity index (χ2n) is 7.99. The number of aliphatic imine (C=N–C) groups is 1. The topological polar surface area (TPSA) is 39.7 Å². The van der Waals surface area contributed by atoms with Crippen molar-refractivity contribution < 1.29 is 0 Å². The van der Waals surface area contributed by atoms with Crippen LogP contribution in [0.5, 0.6) is 0 Å². The van der Waals surface area contributed by atoms with E-state index in [1.165, 1.54) is 37.1 Å². The van der Waals surface area contributed by atoms with Gasteiger partial charge in [0.05, 0.1) is 0 Å². The van der Waals surface area contributed by atoms with Crippen LogP contribution in [0.15, 0.2) is 29.3 Å². The Hall–Kier alpha value is -1.55. The summed E-state index contributed by atoms with van der Waals surface area (Å²) in [7, 11) is 4.06. The summed E-state index contributed by atoms with van der Waals surface area (Å²) in [5, 5.41) is 7.03. The van der Waals surface area contributed by atoms with E-state index in [9.17, 15) is 0 Å². The highest BCUT2D eigenvalue weighted by Crippen LogP contribution is 2.22. The third-order valence-corrected chi connectivity index (χ3v) is 5.46. The molecular weight excluding hydrogens is 308 g/mol. The lowest BCUT2D eigenvalue weighted by Gasteiger charge is -2.30. The summed E-state index contributed by atoms with van der Waals surface area (Å²) in [6, 6.07) is 9.00. The Balaban J connectivity index is 1.82. The van der Waals surface area contributed by atoms with Gasteiger partial charge in [-0.05, 0) is 56.4 Å². The molecule has 0 amide bonds. The number of aryl methyl sites for hydroxylation is 1. The van der Waals surface area contributed by atoms with E-state index in [1.54, 1.807) is 0 Å². The van der Waals surface area contributed by atoms with Gasteiger partial charge in [0.25, 0.3) is 0 Å². The molecule has 1 fully saturated rings. The molecule has 0 atom stereocenters. The summed E-state index contributed by atoms with van der Waals surface area (Å²) in [4.78, 5) is 6.81. The fraction of sp³-hybridized carbons (Fsp3) is 0.667. The molecule has 0 aromatic heterocycles. The molecule has 2 rings (SSSR count). The molecule has 1 heterocycles. The largest absolute Gasteiger partial charge is 0.356 e. The molecule has 140 valence electrons. The number of piperidine rings is 1. The molecule has 0 bridgehead atoms. The van der Waals surface area contributed by atoms with Crippen molar-refractivity contribution in [3.8, 4) is 0 Å². The van der Waals surface area contributed by atoms with E-state index >= 15 is 0 Å². The van der Waals surface area contributed by atoms with Crippen molar-refractivity contribution in [2.75, 3.05) is 40.3 Å². The number of hydrogen-bond donors (Lipinski definition) is 2. The van der Waals surface area contributed by atoms with Gasteiger partial charge in [-0.25, -0.2) is 0 Å². The molecule has 0 unspecified atom stereocenters. The lowest BCUT2D eigenvalue weighted by molar-refractivity contribution is 0.220. The van der Waals surface area contributed by atoms with E-state index < -0.39 is 0 Å². The maximum atomic E-state index is 4.40. The van der Waals surface area contributed by atoms with Crippen LogP contribution in [0.3, 0.4) is 0 Å². The number of hydrogen-bond acceptors (Lipinski definition) is 2. The van der Waals surface area contributed by atoms with Gasteiger partial charge in [-0.2, -0.15) is 0 Å². The first kappa shape index (κ1) is 19.8. The van der Waals surface area contributed by atoms with Crippen LogP contribution in [0, 0.1) is 5.92 Å². The van der Waals surface area contributed by atoms with Crippen LogP contribution in [-0.2, 0) is 11.8 Å². The van der Waals surface area contributed by atoms with Crippen LogP contribution >= 0.6 is 0 Å². The van der Waals surface area contributed by atoms with E-state index in [4.69, 9.17) is 0 Å². The quantitative estimate of drug-likeness (QED) is 0.615. The second-order valence-corrected chi connectivity index (χ2v) is 7.99. The average Bonchev–Trinajstić information content (AvgIpc) is 2.63. The van der Waals surface area contributed by atoms with Crippen LogP contribution in [0.2, 0.25) is 0 Å². The third-order valence-electron chi connectivity index (χ3n) is 5.46. The van der Waals surface area contributed by atoms with Crippen LogP contribution < -0.4 is 10.6 Å². The first-order valence-corrected chi connectivity index (χ1v) is 9.67. The molecule has 1 aliphatic heterocycles. The number of nitrogens with zero attached hydrogens (tertiary/aromatic N) is 2. The molecule has 2 N–H and O–H groups in total. The summed E-state index contributed by atoms with van der Waals surface area (Å²) in [5.74, 6) is 1.67. The van der Waals surface area contributed by atoms with Gasteiger partial charge in [-0.1, -0.05) is 45.0 Å². The minimum absolute atomic E-state index is 0.0669. The van der Waals surface area contributed by atoms with Gasteiger partial charge < -0.3 is 15.5 Å². The zero-order valence-electron chi connectivity index (χ0n) is 16.7. The lowest BCUT2D eigenvalue weighted by atomic mass is 9.84. The zero-order chi connectivity index (χ0) is 18.3. The highest BCUT2D eigenvalue weighted by Gasteiger charge is 2.21. The Morgan fingerprint density at radius 1 is 1.16 bits per heavy atom. The minimum atomic E-state index is 0.0669. The molecule has 0 spiro atoms. The molecule has 4 nitrogen and oxygen atoms in total. The van der Waals surface area contributed by atoms with Crippen LogP contribution in [-0.4, -0.2) is 51.1 Å². The Bertz CT molecular complexity index is 540. The standard InChI is InChI=1S/C21H36N4/c1-6-17-7-9-19(10-8-17)21(2,3)16-24-20(22-4)23-15-18-11-13-25(5)14-12-18/h7-10,18H,6,11-16H2,1-5H3,(H2,22,23,24). The van der Waals surface area contributed by atoms with Gasteiger partial charge in [0.2, 0.25) is 0 Å². The highest BCUT2D eigenvalue weighted by atomic mass is 15.2. The van der Waals surface area contributed by atoms with Crippen LogP contribution in [0.25, 0.3) is 0 Å². The van der Waals surface area contributed by atoms with Crippen molar-refractivity contribution in [3.63, 3.8) is 0 Å². The number of benzene rings is 1. The summed E-state index contributed by atoms with van der Waals surface area (Å²) in [6.45, 7) is 11.1. The Labute approximate surface area is 154 Å². The van der Waals surface area contributed by atoms with Crippen LogP contribution in [0.4, 0.5) is 0 Å². The maximum absolute atomic E-state index is 4.40. The summed E-state index contributed by atoms with van der Waals surface area (Å²) >= 11 is 0. The smallest absolute Gasteiger partial charge is 0.191 e. The summed E-state index contributed by atoms with van der Waals surface area (Å²) < 4.78 is 0. The molecule has 0 aliphatic carbocycles. The molecule has 1 aliphatic rings. The maximum Gasteiger partial charge on any atom is 0.191 e. The van der Waals surface area contributed by atoms with Crippen LogP contribution in [0.1, 0.15) is 44.7 Å². The predicted molar refractivity (Wildman–Crippen MR) is 108 cm³/mol. The second kappa shape index (κ2) is 9.23. The van der Waals surface area contributed by atoms with E-state index in [0.29, 0.717) is 0 Å². The third kappa shape index (κ3) is 6.03. The lowest BCUT2D eigenvalue weighted by Crippen LogP contribution is -2.45. The van der Waals surface area contributed by atoms with E-state index in [-0.39, 0.29) is 5.41 Å². The minimum Gasteiger partial charge on any atom is -0.356 e. The van der Waals surface area contributed by atoms with Crippen molar-refractivity contribution in [1.29, 1.82) is 0 Å². The molecule has 0 radical (unpaired) electrons. The molecule has 1 aromatic carbocycles. The normalized spacial score (nSPS) is 17.6. The fourth-order valence-electron chi connectivity index (χ4n) is 3.33. The van der Waals surface area contributed by atoms with E-state index in [1.807, 2.05) is 7.05 Å². The van der Waals surface area contributed by atoms with Gasteiger partial charge in [-0.3, -0.25) is 4.99 Å². The molecule has 1 saturated heterocycles. The molecule has 0 saturated carbocycles. The van der Waals surface area contributed by atoms with Gasteiger partial charge in [0.1, 0.15) is 0 Å². The van der Waals surface area contributed by atoms with Crippen molar-refractivity contribution in [1.82, 2.24) is 15.5 Å². The Morgan fingerprint density at radius 3 is 2.36 bits per heavy atom. The zero-order valence-corrected chi connectivity index (χ0v) is 16.7. The monoisotopic (exact) mass is 344 g/mol. The van der Waals surface area contributed by atoms with Crippen molar-refractivity contribution >= 4 is 5.96 Å². The fourth-order valence-corrected chi connectivity index (χ4v) is 3.33. The van der Waals surface area contributed by atoms with Gasteiger partial charge in [0.15, 0.2) is 5.96 Å². The van der Waals surface area contributed by atoms with Crippen molar-refractivity contribution in [2.24, 2.45) is 10.9 Å². The number of likely N-dealkylation sites (tertiary alicyclic amines) is 1. The number of guanidine groups is 1. The summed E-state index contributed by atoms with van der Waals surface area (Å²) in [6.07, 6.45) is 3.64. The Kier molecular flexibility index (Phi) is 7.30.